The highest BCUT2D eigenvalue weighted by Gasteiger charge is 2.17. The molecule has 4 rings (SSSR count). The number of imidazole rings is 1. The Morgan fingerprint density at radius 2 is 2.10 bits per heavy atom. The lowest BCUT2D eigenvalue weighted by molar-refractivity contribution is 0.190. The third-order valence-corrected chi connectivity index (χ3v) is 5.90. The van der Waals surface area contributed by atoms with Crippen LogP contribution in [0.3, 0.4) is 0 Å². The van der Waals surface area contributed by atoms with E-state index in [4.69, 9.17) is 9.40 Å². The average Bonchev–Trinajstić information content (AvgIpc) is 3.50. The predicted molar refractivity (Wildman–Crippen MR) is 120 cm³/mol. The maximum atomic E-state index is 12.7. The molecule has 1 N–H and O–H groups in total. The number of aromatic nitrogens is 2. The largest absolute Gasteiger partial charge is 0.467 e. The topological polar surface area (TPSA) is 62.8 Å². The van der Waals surface area contributed by atoms with Gasteiger partial charge in [-0.15, -0.1) is 11.3 Å². The Morgan fingerprint density at radius 3 is 2.87 bits per heavy atom. The molecule has 4 aromatic rings. The van der Waals surface area contributed by atoms with Gasteiger partial charge in [0.05, 0.1) is 18.5 Å². The number of carbonyl (C=O) groups excluding carboxylic acids is 1. The molecule has 3 heterocycles. The van der Waals surface area contributed by atoms with Crippen LogP contribution in [0.4, 0.5) is 4.79 Å². The van der Waals surface area contributed by atoms with Crippen LogP contribution in [0.1, 0.15) is 31.2 Å². The van der Waals surface area contributed by atoms with Crippen LogP contribution >= 0.6 is 11.3 Å². The highest BCUT2D eigenvalue weighted by atomic mass is 32.1. The van der Waals surface area contributed by atoms with Crippen molar-refractivity contribution < 1.29 is 9.21 Å². The van der Waals surface area contributed by atoms with E-state index in [2.05, 4.69) is 40.4 Å². The highest BCUT2D eigenvalue weighted by Crippen LogP contribution is 2.24. The van der Waals surface area contributed by atoms with Gasteiger partial charge in [-0.25, -0.2) is 9.78 Å². The fourth-order valence-corrected chi connectivity index (χ4v) is 4.24. The first-order valence-corrected chi connectivity index (χ1v) is 11.2. The van der Waals surface area contributed by atoms with Crippen LogP contribution in [0.5, 0.6) is 0 Å². The minimum Gasteiger partial charge on any atom is -0.467 e. The molecule has 0 aliphatic carbocycles. The SMILES string of the molecule is CCCCNC(=O)N(CCc1csc2nc(-c3ccccc3)cn12)Cc1ccco1. The van der Waals surface area contributed by atoms with Gasteiger partial charge in [-0.05, 0) is 18.6 Å². The Morgan fingerprint density at radius 1 is 1.23 bits per heavy atom. The molecule has 0 fully saturated rings. The number of benzene rings is 1. The molecule has 1 aromatic carbocycles. The van der Waals surface area contributed by atoms with Crippen LogP contribution in [0.15, 0.2) is 64.7 Å². The Hall–Kier alpha value is -3.06. The molecule has 3 aromatic heterocycles. The summed E-state index contributed by atoms with van der Waals surface area (Å²) in [6.07, 6.45) is 6.49. The normalized spacial score (nSPS) is 11.1. The number of furan rings is 1. The van der Waals surface area contributed by atoms with Crippen molar-refractivity contribution >= 4 is 22.3 Å². The molecule has 0 saturated carbocycles. The second kappa shape index (κ2) is 9.63. The standard InChI is InChI=1S/C23H26N4O2S/c1-2-3-12-24-22(28)26(15-20-10-7-14-29-20)13-11-19-17-30-23-25-21(16-27(19)23)18-8-5-4-6-9-18/h4-10,14,16-17H,2-3,11-13,15H2,1H3,(H,24,28). The first kappa shape index (κ1) is 20.2. The van der Waals surface area contributed by atoms with Gasteiger partial charge in [-0.1, -0.05) is 43.7 Å². The van der Waals surface area contributed by atoms with Crippen LogP contribution in [0, 0.1) is 0 Å². The summed E-state index contributed by atoms with van der Waals surface area (Å²) in [5, 5.41) is 5.14. The number of thiazole rings is 1. The number of amides is 2. The molecule has 0 saturated heterocycles. The Bertz CT molecular complexity index is 1070. The molecule has 0 aliphatic heterocycles. The van der Waals surface area contributed by atoms with Crippen LogP contribution < -0.4 is 5.32 Å². The highest BCUT2D eigenvalue weighted by molar-refractivity contribution is 7.15. The van der Waals surface area contributed by atoms with E-state index >= 15 is 0 Å². The summed E-state index contributed by atoms with van der Waals surface area (Å²) >= 11 is 1.63. The van der Waals surface area contributed by atoms with E-state index < -0.39 is 0 Å². The molecular weight excluding hydrogens is 396 g/mol. The first-order chi connectivity index (χ1) is 14.7. The van der Waals surface area contributed by atoms with Crippen LogP contribution in [0.2, 0.25) is 0 Å². The number of nitrogens with one attached hydrogen (secondary N) is 1. The van der Waals surface area contributed by atoms with E-state index in [1.807, 2.05) is 35.2 Å². The first-order valence-electron chi connectivity index (χ1n) is 10.3. The minimum absolute atomic E-state index is 0.0538. The second-order valence-corrected chi connectivity index (χ2v) is 8.04. The van der Waals surface area contributed by atoms with E-state index in [1.165, 1.54) is 0 Å². The number of rotatable bonds is 9. The van der Waals surface area contributed by atoms with E-state index in [0.717, 1.165) is 46.9 Å². The van der Waals surface area contributed by atoms with E-state index in [1.54, 1.807) is 17.6 Å². The lowest BCUT2D eigenvalue weighted by atomic mass is 10.2. The average molecular weight is 423 g/mol. The lowest BCUT2D eigenvalue weighted by Crippen LogP contribution is -2.41. The second-order valence-electron chi connectivity index (χ2n) is 7.21. The molecule has 6 nitrogen and oxygen atoms in total. The quantitative estimate of drug-likeness (QED) is 0.377. The van der Waals surface area contributed by atoms with Gasteiger partial charge in [-0.2, -0.15) is 0 Å². The molecule has 0 spiro atoms. The summed E-state index contributed by atoms with van der Waals surface area (Å²) in [6.45, 7) is 3.86. The molecule has 156 valence electrons. The Labute approximate surface area is 180 Å². The monoisotopic (exact) mass is 422 g/mol. The van der Waals surface area contributed by atoms with Crippen molar-refractivity contribution in [3.05, 3.63) is 71.8 Å². The third kappa shape index (κ3) is 4.74. The van der Waals surface area contributed by atoms with Gasteiger partial charge in [0.15, 0.2) is 4.96 Å². The van der Waals surface area contributed by atoms with Crippen molar-refractivity contribution in [2.24, 2.45) is 0 Å². The molecular formula is C23H26N4O2S. The number of hydrogen-bond donors (Lipinski definition) is 1. The third-order valence-electron chi connectivity index (χ3n) is 5.01. The van der Waals surface area contributed by atoms with Gasteiger partial charge in [0, 0.05) is 42.3 Å². The van der Waals surface area contributed by atoms with Gasteiger partial charge in [0.25, 0.3) is 0 Å². The lowest BCUT2D eigenvalue weighted by Gasteiger charge is -2.22. The van der Waals surface area contributed by atoms with Crippen LogP contribution in [0.25, 0.3) is 16.2 Å². The summed E-state index contributed by atoms with van der Waals surface area (Å²) in [7, 11) is 0. The van der Waals surface area contributed by atoms with Crippen molar-refractivity contribution in [3.8, 4) is 11.3 Å². The summed E-state index contributed by atoms with van der Waals surface area (Å²) < 4.78 is 7.60. The van der Waals surface area contributed by atoms with Crippen molar-refractivity contribution in [2.45, 2.75) is 32.7 Å². The molecule has 0 radical (unpaired) electrons. The van der Waals surface area contributed by atoms with Crippen molar-refractivity contribution in [2.75, 3.05) is 13.1 Å². The number of urea groups is 1. The molecule has 30 heavy (non-hydrogen) atoms. The molecule has 7 heteroatoms. The van der Waals surface area contributed by atoms with Gasteiger partial charge < -0.3 is 14.6 Å². The Kier molecular flexibility index (Phi) is 6.49. The predicted octanol–water partition coefficient (Wildman–Crippen LogP) is 5.21. The molecule has 0 aliphatic rings. The molecule has 2 amide bonds. The summed E-state index contributed by atoms with van der Waals surface area (Å²) in [5.41, 5.74) is 3.22. The number of nitrogens with zero attached hydrogens (tertiary/aromatic N) is 3. The van der Waals surface area contributed by atoms with Crippen LogP contribution in [-0.2, 0) is 13.0 Å². The number of unbranched alkanes of at least 4 members (excludes halogenated alkanes) is 1. The molecule has 0 unspecified atom stereocenters. The van der Waals surface area contributed by atoms with E-state index in [0.29, 0.717) is 19.6 Å². The maximum absolute atomic E-state index is 12.7. The molecule has 0 bridgehead atoms. The van der Waals surface area contributed by atoms with Crippen molar-refractivity contribution in [3.63, 3.8) is 0 Å². The fraction of sp³-hybridized carbons (Fsp3) is 0.304. The van der Waals surface area contributed by atoms with E-state index in [9.17, 15) is 4.79 Å². The van der Waals surface area contributed by atoms with Gasteiger partial charge in [0.2, 0.25) is 0 Å². The van der Waals surface area contributed by atoms with Gasteiger partial charge in [-0.3, -0.25) is 4.40 Å². The summed E-state index contributed by atoms with van der Waals surface area (Å²) in [6, 6.07) is 13.9. The van der Waals surface area contributed by atoms with E-state index in [-0.39, 0.29) is 6.03 Å². The minimum atomic E-state index is -0.0538. The number of fused-ring (bicyclic) bond motifs is 1. The number of carbonyl (C=O) groups is 1. The summed E-state index contributed by atoms with van der Waals surface area (Å²) in [4.78, 5) is 20.2. The van der Waals surface area contributed by atoms with Gasteiger partial charge in [0.1, 0.15) is 5.76 Å². The fourth-order valence-electron chi connectivity index (χ4n) is 3.33. The Balaban J connectivity index is 1.47. The maximum Gasteiger partial charge on any atom is 0.317 e. The zero-order valence-corrected chi connectivity index (χ0v) is 17.9. The smallest absolute Gasteiger partial charge is 0.317 e. The zero-order chi connectivity index (χ0) is 20.8. The summed E-state index contributed by atoms with van der Waals surface area (Å²) in [5.74, 6) is 0.783. The number of hydrogen-bond acceptors (Lipinski definition) is 4. The van der Waals surface area contributed by atoms with Crippen molar-refractivity contribution in [1.29, 1.82) is 0 Å². The molecule has 0 atom stereocenters. The van der Waals surface area contributed by atoms with Gasteiger partial charge >= 0.3 is 6.03 Å². The van der Waals surface area contributed by atoms with Crippen molar-refractivity contribution in [1.82, 2.24) is 19.6 Å². The zero-order valence-electron chi connectivity index (χ0n) is 17.1. The van der Waals surface area contributed by atoms with Crippen LogP contribution in [-0.4, -0.2) is 33.4 Å².